The van der Waals surface area contributed by atoms with Gasteiger partial charge in [-0.25, -0.2) is 0 Å². The Morgan fingerprint density at radius 2 is 1.29 bits per heavy atom. The van der Waals surface area contributed by atoms with E-state index in [0.717, 1.165) is 11.4 Å². The van der Waals surface area contributed by atoms with Crippen molar-refractivity contribution in [2.75, 3.05) is 0 Å². The second-order valence-electron chi connectivity index (χ2n) is 4.00. The quantitative estimate of drug-likeness (QED) is 0.640. The van der Waals surface area contributed by atoms with Gasteiger partial charge in [0.1, 0.15) is 0 Å². The molecule has 0 aromatic carbocycles. The van der Waals surface area contributed by atoms with Crippen LogP contribution in [-0.4, -0.2) is 9.97 Å². The molecule has 0 aliphatic carbocycles. The zero-order valence-electron chi connectivity index (χ0n) is 11.2. The van der Waals surface area contributed by atoms with E-state index in [1.165, 1.54) is 18.6 Å². The fourth-order valence-electron chi connectivity index (χ4n) is 1.37. The number of nitrogens with zero attached hydrogens (tertiary/aromatic N) is 4. The van der Waals surface area contributed by atoms with Crippen LogP contribution < -0.4 is 0 Å². The van der Waals surface area contributed by atoms with Crippen LogP contribution in [0.1, 0.15) is 11.1 Å². The van der Waals surface area contributed by atoms with E-state index in [1.807, 2.05) is 36.7 Å². The molecule has 0 saturated carbocycles. The molecular formula is C12H12F2N4O2W. The molecule has 0 spiro atoms. The maximum atomic E-state index is 11.1. The minimum atomic E-state index is -6.13. The first-order chi connectivity index (χ1) is 9.88. The second kappa shape index (κ2) is 7.73. The van der Waals surface area contributed by atoms with Gasteiger partial charge in [-0.15, -0.1) is 0 Å². The maximum absolute atomic E-state index is 11.1. The number of rotatable bonds is 3. The van der Waals surface area contributed by atoms with Crippen LogP contribution in [0.25, 0.3) is 11.4 Å². The van der Waals surface area contributed by atoms with Gasteiger partial charge in [0.25, 0.3) is 0 Å². The second-order valence-corrected chi connectivity index (χ2v) is 8.06. The predicted octanol–water partition coefficient (Wildman–Crippen LogP) is 4.03. The minimum absolute atomic E-state index is 0.939. The number of halogens is 2. The van der Waals surface area contributed by atoms with Crippen LogP contribution in [0.3, 0.4) is 0 Å². The molecule has 0 N–H and O–H groups in total. The third kappa shape index (κ3) is 5.91. The summed E-state index contributed by atoms with van der Waals surface area (Å²) >= 11 is -6.13. The van der Waals surface area contributed by atoms with Gasteiger partial charge < -0.3 is 0 Å². The van der Waals surface area contributed by atoms with Crippen molar-refractivity contribution in [2.24, 2.45) is 7.47 Å². The Labute approximate surface area is 124 Å². The summed E-state index contributed by atoms with van der Waals surface area (Å²) in [5.74, 6) is 0. The van der Waals surface area contributed by atoms with Gasteiger partial charge in [0.15, 0.2) is 0 Å². The molecular weight excluding hydrogens is 454 g/mol. The van der Waals surface area contributed by atoms with Crippen LogP contribution in [0.5, 0.6) is 0 Å². The molecule has 0 aliphatic heterocycles. The fraction of sp³-hybridized carbons (Fsp3) is 0.167. The summed E-state index contributed by atoms with van der Waals surface area (Å²) in [6.45, 7) is 4.11. The summed E-state index contributed by atoms with van der Waals surface area (Å²) in [6.07, 6.45) is 3.63. The Morgan fingerprint density at radius 3 is 1.52 bits per heavy atom. The van der Waals surface area contributed by atoms with Crippen LogP contribution in [0.2, 0.25) is 0 Å². The standard InChI is InChI=1S/C12H12N2.2FH.2NO.W/c1-9-3-5-13-11(7-9)12-8-10(2)4-6-14-12;;;2*1-2;/h3-8H,1-2H3;2*1H;;;/q;;;2*-1;+4/p-2. The predicted molar refractivity (Wildman–Crippen MR) is 70.7 cm³/mol. The van der Waals surface area contributed by atoms with Gasteiger partial charge in [-0.3, -0.25) is 9.97 Å². The van der Waals surface area contributed by atoms with E-state index in [1.54, 1.807) is 0 Å². The van der Waals surface area contributed by atoms with Gasteiger partial charge in [-0.1, -0.05) is 0 Å². The first kappa shape index (κ1) is 17.1. The molecule has 9 heteroatoms. The van der Waals surface area contributed by atoms with Gasteiger partial charge in [-0.2, -0.15) is 0 Å². The average molecular weight is 466 g/mol. The zero-order valence-corrected chi connectivity index (χ0v) is 14.2. The summed E-state index contributed by atoms with van der Waals surface area (Å²) in [6, 6.07) is 8.06. The van der Waals surface area contributed by atoms with Gasteiger partial charge in [-0.05, 0) is 49.2 Å². The molecule has 0 radical (unpaired) electrons. The Morgan fingerprint density at radius 1 is 0.905 bits per heavy atom. The van der Waals surface area contributed by atoms with Crippen LogP contribution in [0, 0.1) is 23.7 Å². The van der Waals surface area contributed by atoms with Gasteiger partial charge in [0.05, 0.1) is 11.4 Å². The number of aryl methyl sites for hydroxylation is 2. The Bertz CT molecular complexity index is 587. The van der Waals surface area contributed by atoms with Gasteiger partial charge >= 0.3 is 41.2 Å². The van der Waals surface area contributed by atoms with Crippen molar-refractivity contribution in [3.8, 4) is 11.4 Å². The van der Waals surface area contributed by atoms with Crippen LogP contribution >= 0.6 is 0 Å². The molecule has 2 rings (SSSR count). The van der Waals surface area contributed by atoms with Crippen LogP contribution in [0.15, 0.2) is 44.1 Å². The van der Waals surface area contributed by atoms with Crippen molar-refractivity contribution in [3.05, 3.63) is 57.6 Å². The summed E-state index contributed by atoms with van der Waals surface area (Å²) in [4.78, 5) is 26.3. The molecule has 0 unspecified atom stereocenters. The van der Waals surface area contributed by atoms with E-state index in [4.69, 9.17) is 9.81 Å². The van der Waals surface area contributed by atoms with E-state index < -0.39 is 17.6 Å². The van der Waals surface area contributed by atoms with Crippen molar-refractivity contribution >= 4 is 0 Å². The van der Waals surface area contributed by atoms with Crippen LogP contribution in [0.4, 0.5) is 6.32 Å². The molecule has 2 aromatic rings. The molecule has 0 amide bonds. The van der Waals surface area contributed by atoms with E-state index in [0.29, 0.717) is 0 Å². The van der Waals surface area contributed by atoms with Crippen molar-refractivity contribution in [1.29, 1.82) is 0 Å². The van der Waals surface area contributed by atoms with E-state index in [2.05, 4.69) is 23.8 Å². The first-order valence-electron chi connectivity index (χ1n) is 5.65. The molecule has 2 aromatic heterocycles. The summed E-state index contributed by atoms with van der Waals surface area (Å²) in [5.41, 5.74) is 4.29. The van der Waals surface area contributed by atoms with E-state index in [-0.39, 0.29) is 0 Å². The first-order valence-corrected chi connectivity index (χ1v) is 10.5. The molecule has 0 atom stereocenters. The van der Waals surface area contributed by atoms with Crippen molar-refractivity contribution < 1.29 is 23.9 Å². The number of pyridine rings is 2. The van der Waals surface area contributed by atoms with Crippen molar-refractivity contribution in [3.63, 3.8) is 0 Å². The third-order valence-corrected chi connectivity index (χ3v) is 3.56. The van der Waals surface area contributed by atoms with E-state index >= 15 is 0 Å². The van der Waals surface area contributed by atoms with E-state index in [9.17, 15) is 6.32 Å². The number of nitroso groups, excluding NO2 is 2. The molecule has 112 valence electrons. The summed E-state index contributed by atoms with van der Waals surface area (Å²) < 4.78 is 24.8. The molecule has 21 heavy (non-hydrogen) atoms. The number of aromatic nitrogens is 2. The zero-order chi connectivity index (χ0) is 15.9. The monoisotopic (exact) mass is 466 g/mol. The summed E-state index contributed by atoms with van der Waals surface area (Å²) in [7, 11) is 0. The molecule has 0 fully saturated rings. The molecule has 0 aliphatic rings. The number of hydrogen-bond acceptors (Lipinski definition) is 6. The van der Waals surface area contributed by atoms with Crippen LogP contribution in [-0.2, 0) is 17.6 Å². The Balaban J connectivity index is 0.000000270. The SMILES string of the molecule is Cc1ccnc(-c2cc(C)ccn2)c1.O=[N][W]([F])([F])[N]=O. The Kier molecular flexibility index (Phi) is 6.30. The van der Waals surface area contributed by atoms with Gasteiger partial charge in [0.2, 0.25) is 0 Å². The fourth-order valence-corrected chi connectivity index (χ4v) is 1.46. The average Bonchev–Trinajstić information content (AvgIpc) is 2.48. The van der Waals surface area contributed by atoms with Crippen molar-refractivity contribution in [1.82, 2.24) is 9.97 Å². The molecule has 6 nitrogen and oxygen atoms in total. The Hall–Kier alpha value is -1.95. The molecule has 0 bridgehead atoms. The molecule has 0 saturated heterocycles. The topological polar surface area (TPSA) is 84.6 Å². The van der Waals surface area contributed by atoms with Crippen molar-refractivity contribution in [2.45, 2.75) is 13.8 Å². The normalized spacial score (nSPS) is 11.0. The third-order valence-electron chi connectivity index (χ3n) is 2.27. The van der Waals surface area contributed by atoms with Gasteiger partial charge in [0, 0.05) is 12.4 Å². The molecule has 2 heterocycles. The summed E-state index contributed by atoms with van der Waals surface area (Å²) in [5, 5.41) is 0. The number of hydrogen-bond donors (Lipinski definition) is 0.